The molecule has 0 saturated carbocycles. The van der Waals surface area contributed by atoms with Crippen molar-refractivity contribution in [1.29, 1.82) is 0 Å². The van der Waals surface area contributed by atoms with E-state index < -0.39 is 5.60 Å². The molecular weight excluding hydrogens is 316 g/mol. The Kier molecular flexibility index (Phi) is 5.68. The predicted molar refractivity (Wildman–Crippen MR) is 91.0 cm³/mol. The van der Waals surface area contributed by atoms with Gasteiger partial charge in [-0.25, -0.2) is 14.8 Å². The Bertz CT molecular complexity index is 539. The second kappa shape index (κ2) is 7.34. The minimum absolute atomic E-state index is 0.346. The second-order valence-corrected chi connectivity index (χ2v) is 7.36. The van der Waals surface area contributed by atoms with Crippen molar-refractivity contribution in [3.63, 3.8) is 0 Å². The number of halogens is 1. The van der Waals surface area contributed by atoms with Gasteiger partial charge in [-0.05, 0) is 52.5 Å². The fraction of sp³-hybridized carbons (Fsp3) is 0.688. The standard InChI is InChI=1S/C16H25ClN4O2/c1-11-8-13(17)20-14(19-11)21-7-5-6-12(10-21)9-18-15(22)23-16(2,3)4/h8,12H,5-7,9-10H2,1-4H3,(H,18,22)/t12-/m1/s1. The van der Waals surface area contributed by atoms with Crippen LogP contribution in [0.2, 0.25) is 5.15 Å². The molecule has 23 heavy (non-hydrogen) atoms. The second-order valence-electron chi connectivity index (χ2n) is 6.97. The van der Waals surface area contributed by atoms with Crippen molar-refractivity contribution >= 4 is 23.6 Å². The van der Waals surface area contributed by atoms with Gasteiger partial charge in [0.15, 0.2) is 0 Å². The molecule has 0 spiro atoms. The van der Waals surface area contributed by atoms with Crippen LogP contribution in [0.4, 0.5) is 10.7 Å². The average Bonchev–Trinajstić information content (AvgIpc) is 2.43. The quantitative estimate of drug-likeness (QED) is 0.856. The van der Waals surface area contributed by atoms with Gasteiger partial charge in [-0.2, -0.15) is 0 Å². The number of aromatic nitrogens is 2. The topological polar surface area (TPSA) is 67.4 Å². The lowest BCUT2D eigenvalue weighted by molar-refractivity contribution is 0.0517. The molecule has 2 rings (SSSR count). The smallest absolute Gasteiger partial charge is 0.407 e. The SMILES string of the molecule is Cc1cc(Cl)nc(N2CCC[C@H](CNC(=O)OC(C)(C)C)C2)n1. The van der Waals surface area contributed by atoms with Gasteiger partial charge in [0.25, 0.3) is 0 Å². The summed E-state index contributed by atoms with van der Waals surface area (Å²) in [6, 6.07) is 1.75. The summed E-state index contributed by atoms with van der Waals surface area (Å²) in [5.41, 5.74) is 0.378. The van der Waals surface area contributed by atoms with E-state index in [-0.39, 0.29) is 6.09 Å². The molecule has 0 radical (unpaired) electrons. The Morgan fingerprint density at radius 2 is 2.22 bits per heavy atom. The molecule has 1 aromatic heterocycles. The zero-order valence-corrected chi connectivity index (χ0v) is 15.0. The molecule has 1 atom stereocenters. The van der Waals surface area contributed by atoms with Crippen LogP contribution in [0, 0.1) is 12.8 Å². The van der Waals surface area contributed by atoms with Gasteiger partial charge in [-0.1, -0.05) is 11.6 Å². The van der Waals surface area contributed by atoms with Crippen LogP contribution in [0.1, 0.15) is 39.3 Å². The Hall–Kier alpha value is -1.56. The number of aryl methyl sites for hydroxylation is 1. The van der Waals surface area contributed by atoms with Crippen molar-refractivity contribution in [3.05, 3.63) is 16.9 Å². The van der Waals surface area contributed by atoms with Crippen LogP contribution in [-0.2, 0) is 4.74 Å². The first kappa shape index (κ1) is 17.8. The predicted octanol–water partition coefficient (Wildman–Crippen LogP) is 3.18. The van der Waals surface area contributed by atoms with Crippen LogP contribution in [0.3, 0.4) is 0 Å². The summed E-state index contributed by atoms with van der Waals surface area (Å²) in [5.74, 6) is 1.01. The Morgan fingerprint density at radius 3 is 2.87 bits per heavy atom. The lowest BCUT2D eigenvalue weighted by Gasteiger charge is -2.33. The number of carbonyl (C=O) groups is 1. The molecule has 0 aliphatic carbocycles. The van der Waals surface area contributed by atoms with E-state index in [9.17, 15) is 4.79 Å². The van der Waals surface area contributed by atoms with Gasteiger partial charge in [-0.15, -0.1) is 0 Å². The van der Waals surface area contributed by atoms with E-state index in [4.69, 9.17) is 16.3 Å². The van der Waals surface area contributed by atoms with Crippen LogP contribution >= 0.6 is 11.6 Å². The molecule has 1 aromatic rings. The number of alkyl carbamates (subject to hydrolysis) is 1. The van der Waals surface area contributed by atoms with Crippen molar-refractivity contribution < 1.29 is 9.53 Å². The van der Waals surface area contributed by atoms with Crippen LogP contribution in [0.15, 0.2) is 6.07 Å². The first-order valence-corrected chi connectivity index (χ1v) is 8.34. The summed E-state index contributed by atoms with van der Waals surface area (Å²) in [4.78, 5) is 22.6. The van der Waals surface area contributed by atoms with Gasteiger partial charge in [0.2, 0.25) is 5.95 Å². The van der Waals surface area contributed by atoms with Crippen LogP contribution in [0.5, 0.6) is 0 Å². The molecule has 0 unspecified atom stereocenters. The maximum atomic E-state index is 11.8. The van der Waals surface area contributed by atoms with Crippen LogP contribution in [0.25, 0.3) is 0 Å². The number of ether oxygens (including phenoxy) is 1. The van der Waals surface area contributed by atoms with Crippen molar-refractivity contribution in [2.75, 3.05) is 24.5 Å². The summed E-state index contributed by atoms with van der Waals surface area (Å²) < 4.78 is 5.27. The number of rotatable bonds is 3. The number of piperidine rings is 1. The molecule has 0 aromatic carbocycles. The van der Waals surface area contributed by atoms with E-state index in [0.29, 0.717) is 23.6 Å². The highest BCUT2D eigenvalue weighted by Crippen LogP contribution is 2.21. The number of carbonyl (C=O) groups excluding carboxylic acids is 1. The molecule has 1 aliphatic rings. The number of nitrogens with zero attached hydrogens (tertiary/aromatic N) is 3. The van der Waals surface area contributed by atoms with E-state index in [1.165, 1.54) is 0 Å². The maximum Gasteiger partial charge on any atom is 0.407 e. The van der Waals surface area contributed by atoms with Gasteiger partial charge in [-0.3, -0.25) is 0 Å². The summed E-state index contributed by atoms with van der Waals surface area (Å²) >= 11 is 6.02. The number of hydrogen-bond donors (Lipinski definition) is 1. The van der Waals surface area contributed by atoms with Gasteiger partial charge in [0.05, 0.1) is 0 Å². The summed E-state index contributed by atoms with van der Waals surface area (Å²) in [5, 5.41) is 3.31. The van der Waals surface area contributed by atoms with Crippen molar-refractivity contribution in [3.8, 4) is 0 Å². The monoisotopic (exact) mass is 340 g/mol. The van der Waals surface area contributed by atoms with Crippen LogP contribution < -0.4 is 10.2 Å². The molecule has 128 valence electrons. The number of amides is 1. The number of nitrogens with one attached hydrogen (secondary N) is 1. The third-order valence-corrected chi connectivity index (χ3v) is 3.74. The fourth-order valence-corrected chi connectivity index (χ4v) is 2.85. The van der Waals surface area contributed by atoms with E-state index in [2.05, 4.69) is 20.2 Å². The van der Waals surface area contributed by atoms with E-state index in [1.807, 2.05) is 27.7 Å². The Morgan fingerprint density at radius 1 is 1.48 bits per heavy atom. The van der Waals surface area contributed by atoms with E-state index >= 15 is 0 Å². The highest BCUT2D eigenvalue weighted by molar-refractivity contribution is 6.29. The van der Waals surface area contributed by atoms with Gasteiger partial charge in [0, 0.05) is 25.3 Å². The molecule has 1 amide bonds. The molecule has 2 heterocycles. The molecule has 1 aliphatic heterocycles. The Balaban J connectivity index is 1.89. The first-order chi connectivity index (χ1) is 10.7. The molecule has 7 heteroatoms. The molecular formula is C16H25ClN4O2. The number of anilines is 1. The largest absolute Gasteiger partial charge is 0.444 e. The highest BCUT2D eigenvalue weighted by atomic mass is 35.5. The van der Waals surface area contributed by atoms with Crippen molar-refractivity contribution in [1.82, 2.24) is 15.3 Å². The third-order valence-electron chi connectivity index (χ3n) is 3.55. The average molecular weight is 341 g/mol. The molecule has 1 N–H and O–H groups in total. The first-order valence-electron chi connectivity index (χ1n) is 7.96. The summed E-state index contributed by atoms with van der Waals surface area (Å²) in [6.45, 7) is 9.76. The zero-order chi connectivity index (χ0) is 17.0. The van der Waals surface area contributed by atoms with Crippen molar-refractivity contribution in [2.45, 2.75) is 46.1 Å². The Labute approximate surface area is 142 Å². The minimum atomic E-state index is -0.477. The van der Waals surface area contributed by atoms with Crippen LogP contribution in [-0.4, -0.2) is 41.3 Å². The minimum Gasteiger partial charge on any atom is -0.444 e. The molecule has 6 nitrogen and oxygen atoms in total. The fourth-order valence-electron chi connectivity index (χ4n) is 2.61. The third kappa shape index (κ3) is 5.86. The molecule has 1 fully saturated rings. The lowest BCUT2D eigenvalue weighted by Crippen LogP contribution is -2.42. The summed E-state index contributed by atoms with van der Waals surface area (Å²) in [7, 11) is 0. The zero-order valence-electron chi connectivity index (χ0n) is 14.2. The highest BCUT2D eigenvalue weighted by Gasteiger charge is 2.23. The normalized spacial score (nSPS) is 18.7. The van der Waals surface area contributed by atoms with E-state index in [1.54, 1.807) is 6.07 Å². The summed E-state index contributed by atoms with van der Waals surface area (Å²) in [6.07, 6.45) is 1.73. The van der Waals surface area contributed by atoms with E-state index in [0.717, 1.165) is 31.6 Å². The van der Waals surface area contributed by atoms with Crippen molar-refractivity contribution in [2.24, 2.45) is 5.92 Å². The molecule has 1 saturated heterocycles. The van der Waals surface area contributed by atoms with Gasteiger partial charge >= 0.3 is 6.09 Å². The van der Waals surface area contributed by atoms with Gasteiger partial charge in [0.1, 0.15) is 10.8 Å². The van der Waals surface area contributed by atoms with Gasteiger partial charge < -0.3 is 15.0 Å². The maximum absolute atomic E-state index is 11.8. The lowest BCUT2D eigenvalue weighted by atomic mass is 9.98. The number of hydrogen-bond acceptors (Lipinski definition) is 5. The molecule has 0 bridgehead atoms.